The topological polar surface area (TPSA) is 70.9 Å². The Labute approximate surface area is 145 Å². The van der Waals surface area contributed by atoms with Crippen molar-refractivity contribution >= 4 is 17.4 Å². The highest BCUT2D eigenvalue weighted by atomic mass is 35.5. The van der Waals surface area contributed by atoms with E-state index in [1.165, 1.54) is 0 Å². The maximum absolute atomic E-state index is 10.3. The summed E-state index contributed by atoms with van der Waals surface area (Å²) in [6.45, 7) is 2.25. The van der Waals surface area contributed by atoms with E-state index in [4.69, 9.17) is 11.6 Å². The van der Waals surface area contributed by atoms with Crippen molar-refractivity contribution in [1.29, 1.82) is 0 Å². The van der Waals surface area contributed by atoms with E-state index in [1.54, 1.807) is 24.5 Å². The number of halogens is 1. The van der Waals surface area contributed by atoms with Crippen LogP contribution < -0.4 is 5.32 Å². The number of rotatable bonds is 5. The molecule has 3 aromatic rings. The van der Waals surface area contributed by atoms with Crippen molar-refractivity contribution in [2.45, 2.75) is 13.0 Å². The molecule has 0 unspecified atom stereocenters. The molecule has 0 saturated carbocycles. The second kappa shape index (κ2) is 7.38. The van der Waals surface area contributed by atoms with Crippen LogP contribution >= 0.6 is 11.6 Å². The largest absolute Gasteiger partial charge is 0.387 e. The lowest BCUT2D eigenvalue weighted by Gasteiger charge is -2.14. The van der Waals surface area contributed by atoms with Gasteiger partial charge in [-0.05, 0) is 36.8 Å². The first-order valence-electron chi connectivity index (χ1n) is 7.55. The maximum Gasteiger partial charge on any atom is 0.161 e. The van der Waals surface area contributed by atoms with Gasteiger partial charge < -0.3 is 10.4 Å². The summed E-state index contributed by atoms with van der Waals surface area (Å²) in [6, 6.07) is 12.7. The molecule has 2 heterocycles. The van der Waals surface area contributed by atoms with Gasteiger partial charge >= 0.3 is 0 Å². The molecule has 1 atom stereocenters. The standard InChI is InChI=1S/C18H17ClN4O/c1-12-10-17(23-18(22-12)14-6-8-20-9-7-14)21-11-16(24)13-2-4-15(19)5-3-13/h2-10,16,24H,11H2,1H3,(H,21,22,23)/t16-/m1/s1. The number of aliphatic hydroxyl groups is 1. The Balaban J connectivity index is 1.73. The fourth-order valence-corrected chi connectivity index (χ4v) is 2.42. The average molecular weight is 341 g/mol. The molecule has 0 aliphatic rings. The van der Waals surface area contributed by atoms with E-state index in [9.17, 15) is 5.11 Å². The van der Waals surface area contributed by atoms with Gasteiger partial charge in [0.25, 0.3) is 0 Å². The number of aryl methyl sites for hydroxylation is 1. The number of aliphatic hydroxyl groups excluding tert-OH is 1. The molecule has 0 aliphatic carbocycles. The first kappa shape index (κ1) is 16.4. The van der Waals surface area contributed by atoms with Gasteiger partial charge in [-0.2, -0.15) is 0 Å². The fourth-order valence-electron chi connectivity index (χ4n) is 2.29. The summed E-state index contributed by atoms with van der Waals surface area (Å²) in [5.74, 6) is 1.29. The Kier molecular flexibility index (Phi) is 5.03. The molecule has 1 aromatic carbocycles. The Hall–Kier alpha value is -2.50. The van der Waals surface area contributed by atoms with Crippen LogP contribution in [0.5, 0.6) is 0 Å². The second-order valence-corrected chi connectivity index (χ2v) is 5.84. The molecule has 0 fully saturated rings. The zero-order valence-electron chi connectivity index (χ0n) is 13.1. The monoisotopic (exact) mass is 340 g/mol. The van der Waals surface area contributed by atoms with Gasteiger partial charge in [0, 0.05) is 41.3 Å². The Bertz CT molecular complexity index is 809. The van der Waals surface area contributed by atoms with Gasteiger partial charge in [0.15, 0.2) is 5.82 Å². The van der Waals surface area contributed by atoms with Crippen LogP contribution in [0.3, 0.4) is 0 Å². The van der Waals surface area contributed by atoms with Crippen LogP contribution in [0, 0.1) is 6.92 Å². The molecule has 2 N–H and O–H groups in total. The molecular weight excluding hydrogens is 324 g/mol. The summed E-state index contributed by atoms with van der Waals surface area (Å²) < 4.78 is 0. The number of anilines is 1. The number of hydrogen-bond acceptors (Lipinski definition) is 5. The lowest BCUT2D eigenvalue weighted by Crippen LogP contribution is -2.13. The van der Waals surface area contributed by atoms with Crippen molar-refractivity contribution < 1.29 is 5.11 Å². The van der Waals surface area contributed by atoms with Crippen LogP contribution in [0.25, 0.3) is 11.4 Å². The summed E-state index contributed by atoms with van der Waals surface area (Å²) in [5, 5.41) is 14.1. The molecule has 2 aromatic heterocycles. The van der Waals surface area contributed by atoms with E-state index in [-0.39, 0.29) is 0 Å². The van der Waals surface area contributed by atoms with Gasteiger partial charge in [-0.1, -0.05) is 23.7 Å². The smallest absolute Gasteiger partial charge is 0.161 e. The number of nitrogens with one attached hydrogen (secondary N) is 1. The van der Waals surface area contributed by atoms with E-state index < -0.39 is 6.10 Å². The third-order valence-electron chi connectivity index (χ3n) is 3.52. The van der Waals surface area contributed by atoms with Crippen LogP contribution in [0.15, 0.2) is 54.9 Å². The molecule has 5 nitrogen and oxygen atoms in total. The Morgan fingerprint density at radius 1 is 1.08 bits per heavy atom. The van der Waals surface area contributed by atoms with Gasteiger partial charge in [0.2, 0.25) is 0 Å². The molecule has 122 valence electrons. The van der Waals surface area contributed by atoms with Crippen molar-refractivity contribution in [3.05, 3.63) is 71.1 Å². The normalized spacial score (nSPS) is 12.0. The molecule has 6 heteroatoms. The van der Waals surface area contributed by atoms with Gasteiger partial charge in [0.05, 0.1) is 6.10 Å². The van der Waals surface area contributed by atoms with E-state index in [2.05, 4.69) is 20.3 Å². The molecule has 0 spiro atoms. The summed E-state index contributed by atoms with van der Waals surface area (Å²) in [5.41, 5.74) is 2.54. The van der Waals surface area contributed by atoms with E-state index in [1.807, 2.05) is 37.3 Å². The van der Waals surface area contributed by atoms with Crippen molar-refractivity contribution in [3.63, 3.8) is 0 Å². The van der Waals surface area contributed by atoms with Gasteiger partial charge in [-0.25, -0.2) is 9.97 Å². The van der Waals surface area contributed by atoms with Crippen molar-refractivity contribution in [2.75, 3.05) is 11.9 Å². The van der Waals surface area contributed by atoms with E-state index in [0.29, 0.717) is 23.2 Å². The van der Waals surface area contributed by atoms with Crippen molar-refractivity contribution in [2.24, 2.45) is 0 Å². The first-order chi connectivity index (χ1) is 11.6. The summed E-state index contributed by atoms with van der Waals surface area (Å²) >= 11 is 5.86. The Morgan fingerprint density at radius 3 is 2.50 bits per heavy atom. The maximum atomic E-state index is 10.3. The fraction of sp³-hybridized carbons (Fsp3) is 0.167. The second-order valence-electron chi connectivity index (χ2n) is 5.40. The van der Waals surface area contributed by atoms with E-state index in [0.717, 1.165) is 16.8 Å². The highest BCUT2D eigenvalue weighted by Crippen LogP contribution is 2.19. The zero-order valence-corrected chi connectivity index (χ0v) is 13.9. The molecular formula is C18H17ClN4O. The van der Waals surface area contributed by atoms with Crippen LogP contribution in [0.1, 0.15) is 17.4 Å². The molecule has 0 aliphatic heterocycles. The highest BCUT2D eigenvalue weighted by Gasteiger charge is 2.09. The van der Waals surface area contributed by atoms with Crippen LogP contribution in [0.4, 0.5) is 5.82 Å². The first-order valence-corrected chi connectivity index (χ1v) is 7.93. The van der Waals surface area contributed by atoms with Gasteiger partial charge in [0.1, 0.15) is 5.82 Å². The third kappa shape index (κ3) is 4.07. The molecule has 0 radical (unpaired) electrons. The minimum absolute atomic E-state index is 0.341. The van der Waals surface area contributed by atoms with E-state index >= 15 is 0 Å². The Morgan fingerprint density at radius 2 is 1.79 bits per heavy atom. The third-order valence-corrected chi connectivity index (χ3v) is 3.78. The minimum Gasteiger partial charge on any atom is -0.387 e. The predicted molar refractivity (Wildman–Crippen MR) is 94.9 cm³/mol. The summed E-state index contributed by atoms with van der Waals surface area (Å²) in [4.78, 5) is 12.9. The highest BCUT2D eigenvalue weighted by molar-refractivity contribution is 6.30. The van der Waals surface area contributed by atoms with Crippen LogP contribution in [-0.4, -0.2) is 26.6 Å². The average Bonchev–Trinajstić information content (AvgIpc) is 2.60. The summed E-state index contributed by atoms with van der Waals surface area (Å²) in [6.07, 6.45) is 2.76. The van der Waals surface area contributed by atoms with Crippen LogP contribution in [-0.2, 0) is 0 Å². The van der Waals surface area contributed by atoms with Gasteiger partial charge in [-0.15, -0.1) is 0 Å². The molecule has 0 amide bonds. The van der Waals surface area contributed by atoms with Crippen molar-refractivity contribution in [3.8, 4) is 11.4 Å². The molecule has 0 bridgehead atoms. The SMILES string of the molecule is Cc1cc(NC[C@@H](O)c2ccc(Cl)cc2)nc(-c2ccncc2)n1. The molecule has 3 rings (SSSR count). The minimum atomic E-state index is -0.651. The molecule has 24 heavy (non-hydrogen) atoms. The lowest BCUT2D eigenvalue weighted by atomic mass is 10.1. The number of hydrogen-bond donors (Lipinski definition) is 2. The summed E-state index contributed by atoms with van der Waals surface area (Å²) in [7, 11) is 0. The predicted octanol–water partition coefficient (Wildman–Crippen LogP) is 3.65. The number of pyridine rings is 1. The van der Waals surface area contributed by atoms with Gasteiger partial charge in [-0.3, -0.25) is 4.98 Å². The van der Waals surface area contributed by atoms with Crippen LogP contribution in [0.2, 0.25) is 5.02 Å². The van der Waals surface area contributed by atoms with Crippen molar-refractivity contribution in [1.82, 2.24) is 15.0 Å². The quantitative estimate of drug-likeness (QED) is 0.742. The zero-order chi connectivity index (χ0) is 16.9. The number of benzene rings is 1. The lowest BCUT2D eigenvalue weighted by molar-refractivity contribution is 0.191. The molecule has 0 saturated heterocycles. The number of aromatic nitrogens is 3. The number of nitrogens with zero attached hydrogens (tertiary/aromatic N) is 3.